The van der Waals surface area contributed by atoms with E-state index in [1.807, 2.05) is 16.7 Å². The number of hydrogen-bond acceptors (Lipinski definition) is 3. The van der Waals surface area contributed by atoms with Crippen molar-refractivity contribution < 1.29 is 4.79 Å². The second-order valence-corrected chi connectivity index (χ2v) is 7.37. The van der Waals surface area contributed by atoms with Gasteiger partial charge in [-0.1, -0.05) is 12.8 Å². The first-order valence-electron chi connectivity index (χ1n) is 9.45. The van der Waals surface area contributed by atoms with Gasteiger partial charge in [-0.25, -0.2) is 4.79 Å². The smallest absolute Gasteiger partial charge is 0.326 e. The summed E-state index contributed by atoms with van der Waals surface area (Å²) in [6.45, 7) is 2.83. The molecule has 1 aliphatic heterocycles. The van der Waals surface area contributed by atoms with Crippen LogP contribution in [-0.2, 0) is 0 Å². The van der Waals surface area contributed by atoms with E-state index in [9.17, 15) is 9.59 Å². The molecule has 142 valence electrons. The number of aromatic nitrogens is 2. The molecule has 3 N–H and O–H groups in total. The lowest BCUT2D eigenvalue weighted by atomic mass is 10.1. The van der Waals surface area contributed by atoms with E-state index in [1.54, 1.807) is 6.07 Å². The first kappa shape index (κ1) is 19.0. The van der Waals surface area contributed by atoms with Gasteiger partial charge in [-0.15, -0.1) is 12.4 Å². The van der Waals surface area contributed by atoms with Crippen molar-refractivity contribution >= 4 is 29.3 Å². The molecule has 7 heteroatoms. The van der Waals surface area contributed by atoms with E-state index in [-0.39, 0.29) is 24.0 Å². The van der Waals surface area contributed by atoms with Gasteiger partial charge in [-0.2, -0.15) is 0 Å². The Bertz CT molecular complexity index is 817. The average molecular weight is 379 g/mol. The first-order valence-corrected chi connectivity index (χ1v) is 9.45. The number of fused-ring (bicyclic) bond motifs is 1. The van der Waals surface area contributed by atoms with E-state index < -0.39 is 0 Å². The molecule has 1 amide bonds. The van der Waals surface area contributed by atoms with Crippen LogP contribution in [0.25, 0.3) is 11.0 Å². The van der Waals surface area contributed by atoms with Crippen molar-refractivity contribution in [1.29, 1.82) is 0 Å². The van der Waals surface area contributed by atoms with E-state index in [4.69, 9.17) is 0 Å². The molecule has 26 heavy (non-hydrogen) atoms. The number of halogens is 1. The minimum Gasteiger partial charge on any atom is -0.352 e. The zero-order chi connectivity index (χ0) is 17.2. The highest BCUT2D eigenvalue weighted by Gasteiger charge is 2.21. The molecule has 2 fully saturated rings. The summed E-state index contributed by atoms with van der Waals surface area (Å²) >= 11 is 0. The van der Waals surface area contributed by atoms with Crippen molar-refractivity contribution in [3.63, 3.8) is 0 Å². The van der Waals surface area contributed by atoms with Gasteiger partial charge in [-0.05, 0) is 62.9 Å². The molecule has 1 aromatic carbocycles. The maximum absolute atomic E-state index is 12.4. The number of nitrogens with one attached hydrogen (secondary N) is 3. The number of aromatic amines is 1. The fourth-order valence-corrected chi connectivity index (χ4v) is 4.25. The van der Waals surface area contributed by atoms with Crippen molar-refractivity contribution in [1.82, 2.24) is 20.2 Å². The van der Waals surface area contributed by atoms with Crippen molar-refractivity contribution in [3.05, 3.63) is 34.2 Å². The van der Waals surface area contributed by atoms with Crippen molar-refractivity contribution in [2.75, 3.05) is 19.6 Å². The molecular weight excluding hydrogens is 352 g/mol. The van der Waals surface area contributed by atoms with Crippen LogP contribution in [0.15, 0.2) is 23.0 Å². The zero-order valence-corrected chi connectivity index (χ0v) is 15.7. The highest BCUT2D eigenvalue weighted by molar-refractivity contribution is 5.97. The predicted molar refractivity (Wildman–Crippen MR) is 105 cm³/mol. The van der Waals surface area contributed by atoms with Gasteiger partial charge in [0.05, 0.1) is 11.0 Å². The van der Waals surface area contributed by atoms with Gasteiger partial charge in [0.25, 0.3) is 5.91 Å². The summed E-state index contributed by atoms with van der Waals surface area (Å²) in [6, 6.07) is 5.82. The van der Waals surface area contributed by atoms with Crippen LogP contribution < -0.4 is 16.3 Å². The topological polar surface area (TPSA) is 78.9 Å². The number of carbonyl (C=O) groups is 1. The number of rotatable bonds is 5. The molecule has 0 radical (unpaired) electrons. The number of amides is 1. The molecule has 6 nitrogen and oxygen atoms in total. The number of imidazole rings is 1. The second kappa shape index (κ2) is 8.27. The van der Waals surface area contributed by atoms with Gasteiger partial charge < -0.3 is 15.6 Å². The van der Waals surface area contributed by atoms with Gasteiger partial charge in [0.2, 0.25) is 0 Å². The molecule has 2 heterocycles. The van der Waals surface area contributed by atoms with E-state index in [2.05, 4.69) is 15.6 Å². The SMILES string of the molecule is Cl.O=C(NCCC1CCNC1)c1ccc2c(c1)[nH]c(=O)n2C1CCCC1. The fourth-order valence-electron chi connectivity index (χ4n) is 4.25. The molecule has 2 aromatic rings. The average Bonchev–Trinajstić information content (AvgIpc) is 3.34. The Morgan fingerprint density at radius 3 is 2.77 bits per heavy atom. The van der Waals surface area contributed by atoms with Gasteiger partial charge in [0, 0.05) is 18.2 Å². The highest BCUT2D eigenvalue weighted by atomic mass is 35.5. The van der Waals surface area contributed by atoms with Crippen LogP contribution in [0, 0.1) is 5.92 Å². The molecule has 1 aromatic heterocycles. The van der Waals surface area contributed by atoms with E-state index in [0.29, 0.717) is 24.1 Å². The first-order chi connectivity index (χ1) is 12.2. The standard InChI is InChI=1S/C19H26N4O2.ClH/c24-18(21-10-8-13-7-9-20-12-13)14-5-6-17-16(11-14)22-19(25)23(17)15-3-1-2-4-15;/h5-6,11,13,15,20H,1-4,7-10,12H2,(H,21,24)(H,22,25);1H. The lowest BCUT2D eigenvalue weighted by Crippen LogP contribution is -2.26. The normalized spacial score (nSPS) is 20.4. The molecule has 4 rings (SSSR count). The summed E-state index contributed by atoms with van der Waals surface area (Å²) in [7, 11) is 0. The molecule has 1 aliphatic carbocycles. The lowest BCUT2D eigenvalue weighted by molar-refractivity contribution is 0.0952. The van der Waals surface area contributed by atoms with Gasteiger partial charge in [-0.3, -0.25) is 9.36 Å². The zero-order valence-electron chi connectivity index (χ0n) is 14.9. The van der Waals surface area contributed by atoms with Crippen LogP contribution in [-0.4, -0.2) is 35.1 Å². The van der Waals surface area contributed by atoms with Crippen LogP contribution in [0.3, 0.4) is 0 Å². The molecule has 0 bridgehead atoms. The summed E-state index contributed by atoms with van der Waals surface area (Å²) in [4.78, 5) is 27.6. The predicted octanol–water partition coefficient (Wildman–Crippen LogP) is 2.60. The third-order valence-corrected chi connectivity index (χ3v) is 5.67. The summed E-state index contributed by atoms with van der Waals surface area (Å²) in [5, 5.41) is 6.35. The van der Waals surface area contributed by atoms with E-state index in [1.165, 1.54) is 19.3 Å². The van der Waals surface area contributed by atoms with Crippen molar-refractivity contribution in [2.24, 2.45) is 5.92 Å². The number of hydrogen-bond donors (Lipinski definition) is 3. The molecule has 1 unspecified atom stereocenters. The third kappa shape index (κ3) is 3.81. The summed E-state index contributed by atoms with van der Waals surface area (Å²) in [5.41, 5.74) is 2.21. The number of nitrogens with zero attached hydrogens (tertiary/aromatic N) is 1. The van der Waals surface area contributed by atoms with Crippen LogP contribution in [0.4, 0.5) is 0 Å². The molecular formula is C19H27ClN4O2. The summed E-state index contributed by atoms with van der Waals surface area (Å²) < 4.78 is 1.87. The maximum atomic E-state index is 12.4. The Labute approximate surface area is 159 Å². The molecule has 1 saturated heterocycles. The maximum Gasteiger partial charge on any atom is 0.326 e. The Morgan fingerprint density at radius 2 is 2.04 bits per heavy atom. The number of carbonyl (C=O) groups excluding carboxylic acids is 1. The van der Waals surface area contributed by atoms with Crippen LogP contribution in [0.1, 0.15) is 54.9 Å². The van der Waals surface area contributed by atoms with Gasteiger partial charge in [0.1, 0.15) is 0 Å². The molecule has 0 spiro atoms. The largest absolute Gasteiger partial charge is 0.352 e. The Hall–Kier alpha value is -1.79. The van der Waals surface area contributed by atoms with Crippen LogP contribution in [0.5, 0.6) is 0 Å². The molecule has 2 aliphatic rings. The number of benzene rings is 1. The van der Waals surface area contributed by atoms with E-state index in [0.717, 1.165) is 43.4 Å². The lowest BCUT2D eigenvalue weighted by Gasteiger charge is -2.12. The van der Waals surface area contributed by atoms with Gasteiger partial charge >= 0.3 is 5.69 Å². The van der Waals surface area contributed by atoms with Crippen LogP contribution in [0.2, 0.25) is 0 Å². The fraction of sp³-hybridized carbons (Fsp3) is 0.579. The van der Waals surface area contributed by atoms with Crippen molar-refractivity contribution in [2.45, 2.75) is 44.6 Å². The summed E-state index contributed by atoms with van der Waals surface area (Å²) in [6.07, 6.45) is 6.69. The molecule has 1 atom stereocenters. The Kier molecular flexibility index (Phi) is 6.04. The highest BCUT2D eigenvalue weighted by Crippen LogP contribution is 2.30. The summed E-state index contributed by atoms with van der Waals surface area (Å²) in [5.74, 6) is 0.599. The second-order valence-electron chi connectivity index (χ2n) is 7.37. The minimum atomic E-state index is -0.0673. The Morgan fingerprint density at radius 1 is 1.23 bits per heavy atom. The number of H-pyrrole nitrogens is 1. The van der Waals surface area contributed by atoms with Crippen LogP contribution >= 0.6 is 12.4 Å². The molecule has 1 saturated carbocycles. The Balaban J connectivity index is 0.00000196. The quantitative estimate of drug-likeness (QED) is 0.748. The van der Waals surface area contributed by atoms with Crippen molar-refractivity contribution in [3.8, 4) is 0 Å². The monoisotopic (exact) mass is 378 g/mol. The van der Waals surface area contributed by atoms with E-state index >= 15 is 0 Å². The van der Waals surface area contributed by atoms with Gasteiger partial charge in [0.15, 0.2) is 0 Å². The third-order valence-electron chi connectivity index (χ3n) is 5.67. The minimum absolute atomic E-state index is 0.